The van der Waals surface area contributed by atoms with E-state index < -0.39 is 0 Å². The van der Waals surface area contributed by atoms with Crippen molar-refractivity contribution in [2.45, 2.75) is 59.8 Å². The molecule has 1 aromatic rings. The number of nitrogens with one attached hydrogen (secondary N) is 1. The average Bonchev–Trinajstić information content (AvgIpc) is 2.52. The van der Waals surface area contributed by atoms with Gasteiger partial charge in [-0.05, 0) is 40.0 Å². The molecular weight excluding hydrogens is 234 g/mol. The van der Waals surface area contributed by atoms with Gasteiger partial charge >= 0.3 is 0 Å². The van der Waals surface area contributed by atoms with Gasteiger partial charge in [0.1, 0.15) is 0 Å². The Balaban J connectivity index is 2.51. The Morgan fingerprint density at radius 1 is 1.11 bits per heavy atom. The molecular formula is C17H25NO. The fraction of sp³-hybridized carbons (Fsp3) is 0.588. The lowest BCUT2D eigenvalue weighted by atomic mass is 9.79. The third-order valence-corrected chi connectivity index (χ3v) is 3.46. The minimum Gasteiger partial charge on any atom is -0.326 e. The molecule has 0 atom stereocenters. The van der Waals surface area contributed by atoms with Gasteiger partial charge in [-0.1, -0.05) is 47.6 Å². The first-order chi connectivity index (χ1) is 8.56. The van der Waals surface area contributed by atoms with Crippen LogP contribution in [0.1, 0.15) is 58.2 Å². The summed E-state index contributed by atoms with van der Waals surface area (Å²) in [5, 5.41) is 3.00. The van der Waals surface area contributed by atoms with Crippen LogP contribution >= 0.6 is 0 Å². The van der Waals surface area contributed by atoms with Crippen LogP contribution in [0.15, 0.2) is 12.1 Å². The number of fused-ring (bicyclic) bond motifs is 1. The molecule has 1 amide bonds. The fourth-order valence-electron chi connectivity index (χ4n) is 2.77. The quantitative estimate of drug-likeness (QED) is 0.809. The third-order valence-electron chi connectivity index (χ3n) is 3.46. The van der Waals surface area contributed by atoms with Crippen LogP contribution < -0.4 is 5.32 Å². The summed E-state index contributed by atoms with van der Waals surface area (Å²) in [5.41, 5.74) is 5.17. The van der Waals surface area contributed by atoms with Crippen molar-refractivity contribution in [3.8, 4) is 0 Å². The number of rotatable bonds is 1. The van der Waals surface area contributed by atoms with Gasteiger partial charge in [0.05, 0.1) is 6.42 Å². The van der Waals surface area contributed by atoms with E-state index in [1.165, 1.54) is 16.7 Å². The highest BCUT2D eigenvalue weighted by Crippen LogP contribution is 2.36. The van der Waals surface area contributed by atoms with Gasteiger partial charge in [0.25, 0.3) is 0 Å². The molecule has 104 valence electrons. The number of benzene rings is 1. The maximum atomic E-state index is 11.7. The van der Waals surface area contributed by atoms with E-state index in [4.69, 9.17) is 0 Å². The summed E-state index contributed by atoms with van der Waals surface area (Å²) >= 11 is 0. The lowest BCUT2D eigenvalue weighted by molar-refractivity contribution is -0.115. The van der Waals surface area contributed by atoms with E-state index >= 15 is 0 Å². The predicted octanol–water partition coefficient (Wildman–Crippen LogP) is 4.07. The molecule has 2 heteroatoms. The molecule has 2 rings (SSSR count). The van der Waals surface area contributed by atoms with Gasteiger partial charge in [0.2, 0.25) is 5.91 Å². The van der Waals surface area contributed by atoms with Crippen molar-refractivity contribution in [2.75, 3.05) is 5.32 Å². The number of anilines is 1. The molecule has 1 aliphatic rings. The van der Waals surface area contributed by atoms with E-state index in [2.05, 4.69) is 59.0 Å². The molecule has 19 heavy (non-hydrogen) atoms. The van der Waals surface area contributed by atoms with E-state index in [1.807, 2.05) is 0 Å². The topological polar surface area (TPSA) is 29.1 Å². The SMILES string of the molecule is CC(C)(C)Cc1cc2c(c(C(C)(C)C)c1)CC(=O)N2. The van der Waals surface area contributed by atoms with Crippen molar-refractivity contribution < 1.29 is 4.79 Å². The van der Waals surface area contributed by atoms with E-state index in [9.17, 15) is 4.79 Å². The maximum Gasteiger partial charge on any atom is 0.228 e. The highest BCUT2D eigenvalue weighted by Gasteiger charge is 2.28. The van der Waals surface area contributed by atoms with Crippen LogP contribution in [0.25, 0.3) is 0 Å². The van der Waals surface area contributed by atoms with E-state index in [0.29, 0.717) is 6.42 Å². The van der Waals surface area contributed by atoms with Crippen molar-refractivity contribution in [3.05, 3.63) is 28.8 Å². The molecule has 1 aromatic carbocycles. The molecule has 0 spiro atoms. The molecule has 0 aromatic heterocycles. The Morgan fingerprint density at radius 2 is 1.74 bits per heavy atom. The first kappa shape index (κ1) is 14.1. The van der Waals surface area contributed by atoms with Crippen molar-refractivity contribution in [1.82, 2.24) is 0 Å². The zero-order valence-electron chi connectivity index (χ0n) is 13.0. The Morgan fingerprint density at radius 3 is 2.26 bits per heavy atom. The summed E-state index contributed by atoms with van der Waals surface area (Å²) < 4.78 is 0. The number of carbonyl (C=O) groups excluding carboxylic acids is 1. The fourth-order valence-corrected chi connectivity index (χ4v) is 2.77. The number of hydrogen-bond donors (Lipinski definition) is 1. The molecule has 0 unspecified atom stereocenters. The van der Waals surface area contributed by atoms with Crippen molar-refractivity contribution >= 4 is 11.6 Å². The summed E-state index contributed by atoms with van der Waals surface area (Å²) in [7, 11) is 0. The van der Waals surface area contributed by atoms with Gasteiger partial charge < -0.3 is 5.32 Å². The van der Waals surface area contributed by atoms with Crippen LogP contribution in [-0.4, -0.2) is 5.91 Å². The minimum absolute atomic E-state index is 0.0737. The monoisotopic (exact) mass is 259 g/mol. The predicted molar refractivity (Wildman–Crippen MR) is 80.6 cm³/mol. The van der Waals surface area contributed by atoms with Gasteiger partial charge in [-0.15, -0.1) is 0 Å². The van der Waals surface area contributed by atoms with E-state index in [-0.39, 0.29) is 16.7 Å². The maximum absolute atomic E-state index is 11.7. The Bertz CT molecular complexity index is 515. The normalized spacial score (nSPS) is 15.4. The standard InChI is InChI=1S/C17H25NO/c1-16(2,3)10-11-7-13(17(4,5)6)12-9-15(19)18-14(12)8-11/h7-8H,9-10H2,1-6H3,(H,18,19). The summed E-state index contributed by atoms with van der Waals surface area (Å²) in [6.07, 6.45) is 1.55. The summed E-state index contributed by atoms with van der Waals surface area (Å²) in [5.74, 6) is 0.119. The van der Waals surface area contributed by atoms with Crippen LogP contribution in [0.4, 0.5) is 5.69 Å². The third kappa shape index (κ3) is 3.17. The summed E-state index contributed by atoms with van der Waals surface area (Å²) in [6.45, 7) is 13.4. The average molecular weight is 259 g/mol. The second kappa shape index (κ2) is 4.36. The van der Waals surface area contributed by atoms with Gasteiger partial charge in [-0.2, -0.15) is 0 Å². The van der Waals surface area contributed by atoms with Crippen molar-refractivity contribution in [1.29, 1.82) is 0 Å². The molecule has 1 heterocycles. The van der Waals surface area contributed by atoms with E-state index in [1.54, 1.807) is 0 Å². The highest BCUT2D eigenvalue weighted by atomic mass is 16.1. The van der Waals surface area contributed by atoms with Crippen LogP contribution in [-0.2, 0) is 23.1 Å². The van der Waals surface area contributed by atoms with Crippen molar-refractivity contribution in [3.63, 3.8) is 0 Å². The minimum atomic E-state index is 0.0737. The van der Waals surface area contributed by atoms with Crippen molar-refractivity contribution in [2.24, 2.45) is 5.41 Å². The van der Waals surface area contributed by atoms with Gasteiger partial charge in [-0.3, -0.25) is 4.79 Å². The summed E-state index contributed by atoms with van der Waals surface area (Å²) in [4.78, 5) is 11.7. The molecule has 0 aliphatic carbocycles. The lowest BCUT2D eigenvalue weighted by Crippen LogP contribution is -2.16. The number of amides is 1. The van der Waals surface area contributed by atoms with Crippen LogP contribution in [0.5, 0.6) is 0 Å². The van der Waals surface area contributed by atoms with Crippen LogP contribution in [0.2, 0.25) is 0 Å². The Kier molecular flexibility index (Phi) is 3.24. The number of hydrogen-bond acceptors (Lipinski definition) is 1. The molecule has 0 saturated carbocycles. The molecule has 1 aliphatic heterocycles. The Labute approximate surface area is 116 Å². The lowest BCUT2D eigenvalue weighted by Gasteiger charge is -2.25. The highest BCUT2D eigenvalue weighted by molar-refractivity contribution is 5.99. The van der Waals surface area contributed by atoms with E-state index in [0.717, 1.165) is 12.1 Å². The zero-order chi connectivity index (χ0) is 14.4. The molecule has 0 radical (unpaired) electrons. The molecule has 0 saturated heterocycles. The summed E-state index contributed by atoms with van der Waals surface area (Å²) in [6, 6.07) is 4.45. The van der Waals surface area contributed by atoms with Crippen LogP contribution in [0.3, 0.4) is 0 Å². The first-order valence-electron chi connectivity index (χ1n) is 7.02. The second-order valence-corrected chi connectivity index (χ2v) is 7.88. The van der Waals surface area contributed by atoms with Gasteiger partial charge in [0.15, 0.2) is 0 Å². The Hall–Kier alpha value is -1.31. The molecule has 0 bridgehead atoms. The molecule has 2 nitrogen and oxygen atoms in total. The first-order valence-corrected chi connectivity index (χ1v) is 7.02. The largest absolute Gasteiger partial charge is 0.326 e. The van der Waals surface area contributed by atoms with Gasteiger partial charge in [-0.25, -0.2) is 0 Å². The molecule has 0 fully saturated rings. The molecule has 1 N–H and O–H groups in total. The smallest absolute Gasteiger partial charge is 0.228 e. The van der Waals surface area contributed by atoms with Crippen LogP contribution in [0, 0.1) is 5.41 Å². The van der Waals surface area contributed by atoms with Gasteiger partial charge in [0, 0.05) is 5.69 Å². The number of carbonyl (C=O) groups is 1. The zero-order valence-corrected chi connectivity index (χ0v) is 13.0. The second-order valence-electron chi connectivity index (χ2n) is 7.88.